The Bertz CT molecular complexity index is 711. The van der Waals surface area contributed by atoms with Crippen LogP contribution in [0.25, 0.3) is 10.9 Å². The van der Waals surface area contributed by atoms with Crippen LogP contribution in [0.3, 0.4) is 0 Å². The number of aryl methyl sites for hydroxylation is 1. The van der Waals surface area contributed by atoms with Crippen LogP contribution in [0.5, 0.6) is 0 Å². The number of rotatable bonds is 2. The second kappa shape index (κ2) is 5.05. The number of pyridine rings is 1. The Morgan fingerprint density at radius 3 is 2.32 bits per heavy atom. The summed E-state index contributed by atoms with van der Waals surface area (Å²) in [5, 5.41) is 10.5. The minimum absolute atomic E-state index is 0.00962. The standard InChI is InChI=1S/C17H22BNO3/c1-11-8-12(10-20)14-7-6-13(9-15(14)19-11)18-21-16(2,3)17(4,5)22-18/h6-9,20H,10H2,1-5H3. The quantitative estimate of drug-likeness (QED) is 0.865. The average molecular weight is 299 g/mol. The summed E-state index contributed by atoms with van der Waals surface area (Å²) < 4.78 is 12.2. The molecule has 1 N–H and O–H groups in total. The molecule has 0 amide bonds. The summed E-state index contributed by atoms with van der Waals surface area (Å²) in [7, 11) is -0.394. The molecule has 2 aromatic rings. The summed E-state index contributed by atoms with van der Waals surface area (Å²) >= 11 is 0. The van der Waals surface area contributed by atoms with Gasteiger partial charge in [-0.25, -0.2) is 0 Å². The maximum absolute atomic E-state index is 9.50. The van der Waals surface area contributed by atoms with Crippen LogP contribution in [-0.4, -0.2) is 28.4 Å². The Labute approximate surface area is 131 Å². The van der Waals surface area contributed by atoms with Gasteiger partial charge >= 0.3 is 7.12 Å². The second-order valence-electron chi connectivity index (χ2n) is 6.95. The molecule has 1 fully saturated rings. The topological polar surface area (TPSA) is 51.6 Å². The summed E-state index contributed by atoms with van der Waals surface area (Å²) in [6.45, 7) is 10.1. The van der Waals surface area contributed by atoms with E-state index in [1.807, 2.05) is 58.9 Å². The molecule has 1 aromatic heterocycles. The van der Waals surface area contributed by atoms with E-state index >= 15 is 0 Å². The molecule has 0 bridgehead atoms. The largest absolute Gasteiger partial charge is 0.494 e. The predicted molar refractivity (Wildman–Crippen MR) is 88.1 cm³/mol. The number of benzene rings is 1. The van der Waals surface area contributed by atoms with Gasteiger partial charge in [0.1, 0.15) is 0 Å². The van der Waals surface area contributed by atoms with Gasteiger partial charge in [0.05, 0.1) is 23.3 Å². The highest BCUT2D eigenvalue weighted by atomic mass is 16.7. The van der Waals surface area contributed by atoms with Gasteiger partial charge in [-0.1, -0.05) is 12.1 Å². The highest BCUT2D eigenvalue weighted by molar-refractivity contribution is 6.62. The summed E-state index contributed by atoms with van der Waals surface area (Å²) in [5.41, 5.74) is 2.88. The molecule has 116 valence electrons. The minimum Gasteiger partial charge on any atom is -0.399 e. The van der Waals surface area contributed by atoms with E-state index in [9.17, 15) is 5.11 Å². The van der Waals surface area contributed by atoms with Crippen LogP contribution in [-0.2, 0) is 15.9 Å². The molecule has 3 rings (SSSR count). The van der Waals surface area contributed by atoms with Gasteiger partial charge in [-0.2, -0.15) is 0 Å². The fourth-order valence-electron chi connectivity index (χ4n) is 2.72. The first-order valence-electron chi connectivity index (χ1n) is 7.60. The minimum atomic E-state index is -0.394. The predicted octanol–water partition coefficient (Wildman–Crippen LogP) is 2.33. The maximum atomic E-state index is 9.50. The van der Waals surface area contributed by atoms with Crippen molar-refractivity contribution in [3.63, 3.8) is 0 Å². The SMILES string of the molecule is Cc1cc(CO)c2ccc(B3OC(C)(C)C(C)(C)O3)cc2n1. The van der Waals surface area contributed by atoms with Crippen molar-refractivity contribution in [2.75, 3.05) is 0 Å². The molecule has 0 unspecified atom stereocenters. The molecule has 4 nitrogen and oxygen atoms in total. The van der Waals surface area contributed by atoms with Crippen LogP contribution in [0, 0.1) is 6.92 Å². The summed E-state index contributed by atoms with van der Waals surface area (Å²) in [6.07, 6.45) is 0. The van der Waals surface area contributed by atoms with Crippen molar-refractivity contribution in [3.05, 3.63) is 35.5 Å². The molecule has 1 aliphatic heterocycles. The molecule has 0 atom stereocenters. The Morgan fingerprint density at radius 2 is 1.73 bits per heavy atom. The zero-order valence-corrected chi connectivity index (χ0v) is 13.8. The van der Waals surface area contributed by atoms with Crippen LogP contribution in [0.1, 0.15) is 39.0 Å². The molecular weight excluding hydrogens is 277 g/mol. The highest BCUT2D eigenvalue weighted by Gasteiger charge is 2.51. The highest BCUT2D eigenvalue weighted by Crippen LogP contribution is 2.36. The Morgan fingerprint density at radius 1 is 1.09 bits per heavy atom. The summed E-state index contributed by atoms with van der Waals surface area (Å²) in [6, 6.07) is 7.87. The molecule has 1 saturated heterocycles. The fourth-order valence-corrected chi connectivity index (χ4v) is 2.72. The fraction of sp³-hybridized carbons (Fsp3) is 0.471. The number of aromatic nitrogens is 1. The Kier molecular flexibility index (Phi) is 3.55. The van der Waals surface area contributed by atoms with Gasteiger partial charge in [-0.3, -0.25) is 4.98 Å². The molecule has 5 heteroatoms. The van der Waals surface area contributed by atoms with Crippen molar-refractivity contribution in [2.24, 2.45) is 0 Å². The number of nitrogens with zero attached hydrogens (tertiary/aromatic N) is 1. The van der Waals surface area contributed by atoms with E-state index in [-0.39, 0.29) is 17.8 Å². The average Bonchev–Trinajstić information content (AvgIpc) is 2.65. The van der Waals surface area contributed by atoms with Gasteiger partial charge in [-0.05, 0) is 57.8 Å². The second-order valence-corrected chi connectivity index (χ2v) is 6.95. The zero-order chi connectivity index (χ0) is 16.1. The number of fused-ring (bicyclic) bond motifs is 1. The van der Waals surface area contributed by atoms with Crippen molar-refractivity contribution >= 4 is 23.5 Å². The molecular formula is C17H22BNO3. The summed E-state index contributed by atoms with van der Waals surface area (Å²) in [4.78, 5) is 4.57. The van der Waals surface area contributed by atoms with Crippen molar-refractivity contribution in [1.29, 1.82) is 0 Å². The first-order valence-corrected chi connectivity index (χ1v) is 7.60. The van der Waals surface area contributed by atoms with E-state index in [0.29, 0.717) is 0 Å². The maximum Gasteiger partial charge on any atom is 0.494 e. The van der Waals surface area contributed by atoms with Gasteiger partial charge in [0.25, 0.3) is 0 Å². The smallest absolute Gasteiger partial charge is 0.399 e. The summed E-state index contributed by atoms with van der Waals surface area (Å²) in [5.74, 6) is 0. The lowest BCUT2D eigenvalue weighted by Gasteiger charge is -2.32. The number of hydrogen-bond donors (Lipinski definition) is 1. The third-order valence-corrected chi connectivity index (χ3v) is 4.74. The van der Waals surface area contributed by atoms with E-state index in [1.54, 1.807) is 0 Å². The Hall–Kier alpha value is -1.43. The lowest BCUT2D eigenvalue weighted by molar-refractivity contribution is 0.00578. The van der Waals surface area contributed by atoms with E-state index < -0.39 is 7.12 Å². The normalized spacial score (nSPS) is 19.8. The zero-order valence-electron chi connectivity index (χ0n) is 13.8. The van der Waals surface area contributed by atoms with Crippen molar-refractivity contribution in [2.45, 2.75) is 52.4 Å². The van der Waals surface area contributed by atoms with Gasteiger partial charge in [0.15, 0.2) is 0 Å². The van der Waals surface area contributed by atoms with Crippen LogP contribution < -0.4 is 5.46 Å². The third-order valence-electron chi connectivity index (χ3n) is 4.74. The Balaban J connectivity index is 2.04. The first kappa shape index (κ1) is 15.5. The molecule has 0 spiro atoms. The van der Waals surface area contributed by atoms with Gasteiger partial charge < -0.3 is 14.4 Å². The molecule has 1 aliphatic rings. The van der Waals surface area contributed by atoms with Crippen LogP contribution >= 0.6 is 0 Å². The monoisotopic (exact) mass is 299 g/mol. The van der Waals surface area contributed by atoms with E-state index in [2.05, 4.69) is 4.98 Å². The lowest BCUT2D eigenvalue weighted by Crippen LogP contribution is -2.41. The van der Waals surface area contributed by atoms with Gasteiger partial charge in [-0.15, -0.1) is 0 Å². The van der Waals surface area contributed by atoms with Crippen molar-refractivity contribution < 1.29 is 14.4 Å². The van der Waals surface area contributed by atoms with Gasteiger partial charge in [0.2, 0.25) is 0 Å². The van der Waals surface area contributed by atoms with E-state index in [4.69, 9.17) is 9.31 Å². The number of hydrogen-bond acceptors (Lipinski definition) is 4. The first-order chi connectivity index (χ1) is 10.2. The molecule has 22 heavy (non-hydrogen) atoms. The molecule has 0 saturated carbocycles. The lowest BCUT2D eigenvalue weighted by atomic mass is 9.78. The van der Waals surface area contributed by atoms with E-state index in [0.717, 1.165) is 27.6 Å². The van der Waals surface area contributed by atoms with Gasteiger partial charge in [0, 0.05) is 11.1 Å². The molecule has 2 heterocycles. The number of aliphatic hydroxyl groups excluding tert-OH is 1. The third kappa shape index (κ3) is 2.43. The molecule has 0 radical (unpaired) electrons. The number of aliphatic hydroxyl groups is 1. The van der Waals surface area contributed by atoms with Crippen molar-refractivity contribution in [1.82, 2.24) is 4.98 Å². The van der Waals surface area contributed by atoms with Crippen molar-refractivity contribution in [3.8, 4) is 0 Å². The molecule has 0 aliphatic carbocycles. The van der Waals surface area contributed by atoms with Crippen LogP contribution in [0.2, 0.25) is 0 Å². The molecule has 1 aromatic carbocycles. The van der Waals surface area contributed by atoms with E-state index in [1.165, 1.54) is 0 Å². The van der Waals surface area contributed by atoms with Crippen LogP contribution in [0.15, 0.2) is 24.3 Å². The van der Waals surface area contributed by atoms with Crippen LogP contribution in [0.4, 0.5) is 0 Å².